The monoisotopic (exact) mass is 344 g/mol. The Morgan fingerprint density at radius 3 is 2.68 bits per heavy atom. The van der Waals surface area contributed by atoms with Gasteiger partial charge in [-0.3, -0.25) is 0 Å². The molecule has 1 atom stereocenters. The molecule has 2 rings (SSSR count). The van der Waals surface area contributed by atoms with Crippen molar-refractivity contribution >= 4 is 42.8 Å². The molecule has 108 valence electrons. The fourth-order valence-electron chi connectivity index (χ4n) is 1.93. The van der Waals surface area contributed by atoms with E-state index >= 15 is 0 Å². The molecule has 0 aromatic carbocycles. The third-order valence-electron chi connectivity index (χ3n) is 2.86. The van der Waals surface area contributed by atoms with Gasteiger partial charge in [0.1, 0.15) is 0 Å². The first-order valence-corrected chi connectivity index (χ1v) is 10.0. The predicted octanol–water partition coefficient (Wildman–Crippen LogP) is 0.818. The van der Waals surface area contributed by atoms with Crippen LogP contribution < -0.4 is 4.72 Å². The van der Waals surface area contributed by atoms with Crippen LogP contribution in [0.2, 0.25) is 4.47 Å². The van der Waals surface area contributed by atoms with Gasteiger partial charge in [0.05, 0.1) is 17.2 Å². The van der Waals surface area contributed by atoms with E-state index in [1.54, 1.807) is 6.92 Å². The molecule has 0 amide bonds. The van der Waals surface area contributed by atoms with Crippen molar-refractivity contribution < 1.29 is 16.8 Å². The lowest BCUT2D eigenvalue weighted by atomic mass is 10.1. The lowest BCUT2D eigenvalue weighted by Crippen LogP contribution is -2.29. The molecule has 0 radical (unpaired) electrons. The molecule has 1 N–H and O–H groups in total. The van der Waals surface area contributed by atoms with Crippen molar-refractivity contribution in [3.05, 3.63) is 10.2 Å². The number of halogens is 1. The molecule has 10 heteroatoms. The van der Waals surface area contributed by atoms with Gasteiger partial charge in [0.25, 0.3) is 10.0 Å². The molecule has 1 unspecified atom stereocenters. The fraction of sp³-hybridized carbons (Fsp3) is 0.667. The van der Waals surface area contributed by atoms with Crippen molar-refractivity contribution in [2.75, 3.05) is 18.1 Å². The second kappa shape index (κ2) is 5.28. The van der Waals surface area contributed by atoms with Crippen LogP contribution in [0, 0.1) is 12.8 Å². The van der Waals surface area contributed by atoms with E-state index < -0.39 is 19.9 Å². The molecular weight excluding hydrogens is 332 g/mol. The Bertz CT molecular complexity index is 680. The number of sulfonamides is 1. The van der Waals surface area contributed by atoms with Gasteiger partial charge in [0, 0.05) is 6.54 Å². The van der Waals surface area contributed by atoms with Crippen molar-refractivity contribution in [3.63, 3.8) is 0 Å². The predicted molar refractivity (Wildman–Crippen MR) is 73.8 cm³/mol. The van der Waals surface area contributed by atoms with Gasteiger partial charge in [-0.05, 0) is 19.3 Å². The summed E-state index contributed by atoms with van der Waals surface area (Å²) < 4.78 is 49.3. The van der Waals surface area contributed by atoms with Crippen molar-refractivity contribution in [2.24, 2.45) is 5.92 Å². The van der Waals surface area contributed by atoms with Gasteiger partial charge in [0.15, 0.2) is 18.5 Å². The highest BCUT2D eigenvalue weighted by Crippen LogP contribution is 2.27. The first-order valence-electron chi connectivity index (χ1n) is 5.53. The molecule has 0 spiro atoms. The third-order valence-corrected chi connectivity index (χ3v) is 7.99. The number of nitrogens with zero attached hydrogens (tertiary/aromatic N) is 1. The Labute approximate surface area is 121 Å². The molecule has 1 aromatic rings. The average molecular weight is 345 g/mol. The number of nitrogens with one attached hydrogen (secondary N) is 1. The molecule has 1 aliphatic heterocycles. The SMILES string of the molecule is Cc1nc(Cl)sc1S(=O)(=O)NCC1CCS(=O)(=O)C1. The molecule has 19 heavy (non-hydrogen) atoms. The lowest BCUT2D eigenvalue weighted by molar-refractivity contribution is 0.544. The number of thiazole rings is 1. The normalized spacial score (nSPS) is 22.7. The minimum absolute atomic E-state index is 0.0396. The van der Waals surface area contributed by atoms with Gasteiger partial charge in [0.2, 0.25) is 0 Å². The minimum atomic E-state index is -3.67. The standard InChI is InChI=1S/C9H13ClN2O4S3/c1-6-8(17-9(10)12-6)19(15,16)11-4-7-2-3-18(13,14)5-7/h7,11H,2-5H2,1H3. The summed E-state index contributed by atoms with van der Waals surface area (Å²) in [5.74, 6) is 0.00595. The van der Waals surface area contributed by atoms with Crippen LogP contribution >= 0.6 is 22.9 Å². The highest BCUT2D eigenvalue weighted by molar-refractivity contribution is 7.92. The molecule has 0 saturated carbocycles. The summed E-state index contributed by atoms with van der Waals surface area (Å²) in [6.07, 6.45) is 0.493. The van der Waals surface area contributed by atoms with Crippen LogP contribution in [-0.2, 0) is 19.9 Å². The highest BCUT2D eigenvalue weighted by Gasteiger charge is 2.30. The van der Waals surface area contributed by atoms with Crippen molar-refractivity contribution in [2.45, 2.75) is 17.6 Å². The molecule has 1 fully saturated rings. The second-order valence-electron chi connectivity index (χ2n) is 4.46. The van der Waals surface area contributed by atoms with Crippen LogP contribution in [0.15, 0.2) is 4.21 Å². The van der Waals surface area contributed by atoms with Crippen LogP contribution in [0.3, 0.4) is 0 Å². The zero-order valence-corrected chi connectivity index (χ0v) is 13.3. The first-order chi connectivity index (χ1) is 8.70. The van der Waals surface area contributed by atoms with E-state index in [4.69, 9.17) is 11.6 Å². The van der Waals surface area contributed by atoms with Gasteiger partial charge in [-0.25, -0.2) is 26.5 Å². The molecule has 1 aliphatic rings. The van der Waals surface area contributed by atoms with Crippen molar-refractivity contribution in [3.8, 4) is 0 Å². The maximum absolute atomic E-state index is 12.0. The number of rotatable bonds is 4. The quantitative estimate of drug-likeness (QED) is 0.872. The van der Waals surface area contributed by atoms with Crippen LogP contribution in [0.1, 0.15) is 12.1 Å². The molecular formula is C9H13ClN2O4S3. The van der Waals surface area contributed by atoms with Gasteiger partial charge in [-0.1, -0.05) is 22.9 Å². The van der Waals surface area contributed by atoms with Crippen LogP contribution in [-0.4, -0.2) is 39.9 Å². The number of hydrogen-bond donors (Lipinski definition) is 1. The average Bonchev–Trinajstić information content (AvgIpc) is 2.79. The van der Waals surface area contributed by atoms with Crippen molar-refractivity contribution in [1.82, 2.24) is 9.71 Å². The molecule has 2 heterocycles. The van der Waals surface area contributed by atoms with Crippen LogP contribution in [0.4, 0.5) is 0 Å². The lowest BCUT2D eigenvalue weighted by Gasteiger charge is -2.09. The minimum Gasteiger partial charge on any atom is -0.229 e. The van der Waals surface area contributed by atoms with E-state index in [2.05, 4.69) is 9.71 Å². The maximum atomic E-state index is 12.0. The molecule has 6 nitrogen and oxygen atoms in total. The zero-order chi connectivity index (χ0) is 14.3. The van der Waals surface area contributed by atoms with E-state index in [0.717, 1.165) is 11.3 Å². The van der Waals surface area contributed by atoms with E-state index in [1.807, 2.05) is 0 Å². The Kier molecular flexibility index (Phi) is 4.22. The largest absolute Gasteiger partial charge is 0.251 e. The highest BCUT2D eigenvalue weighted by atomic mass is 35.5. The van der Waals surface area contributed by atoms with Gasteiger partial charge >= 0.3 is 0 Å². The third kappa shape index (κ3) is 3.66. The van der Waals surface area contributed by atoms with Gasteiger partial charge in [-0.2, -0.15) is 0 Å². The van der Waals surface area contributed by atoms with E-state index in [0.29, 0.717) is 12.1 Å². The number of aryl methyl sites for hydroxylation is 1. The van der Waals surface area contributed by atoms with Crippen LogP contribution in [0.25, 0.3) is 0 Å². The fourth-order valence-corrected chi connectivity index (χ4v) is 6.69. The molecule has 1 saturated heterocycles. The second-order valence-corrected chi connectivity index (χ2v) is 10.2. The molecule has 1 aromatic heterocycles. The summed E-state index contributed by atoms with van der Waals surface area (Å²) in [6.45, 7) is 1.69. The number of aromatic nitrogens is 1. The van der Waals surface area contributed by atoms with E-state index in [-0.39, 0.29) is 32.6 Å². The van der Waals surface area contributed by atoms with Crippen molar-refractivity contribution in [1.29, 1.82) is 0 Å². The topological polar surface area (TPSA) is 93.2 Å². The summed E-state index contributed by atoms with van der Waals surface area (Å²) >= 11 is 6.56. The Morgan fingerprint density at radius 1 is 1.53 bits per heavy atom. The summed E-state index contributed by atoms with van der Waals surface area (Å²) in [6, 6.07) is 0. The Balaban J connectivity index is 2.05. The first kappa shape index (κ1) is 15.2. The summed E-state index contributed by atoms with van der Waals surface area (Å²) in [5.41, 5.74) is 0.349. The maximum Gasteiger partial charge on any atom is 0.251 e. The Hall–Kier alpha value is -0.220. The number of hydrogen-bond acceptors (Lipinski definition) is 6. The van der Waals surface area contributed by atoms with Gasteiger partial charge in [-0.15, -0.1) is 0 Å². The van der Waals surface area contributed by atoms with E-state index in [1.165, 1.54) is 0 Å². The van der Waals surface area contributed by atoms with Crippen LogP contribution in [0.5, 0.6) is 0 Å². The Morgan fingerprint density at radius 2 is 2.21 bits per heavy atom. The zero-order valence-electron chi connectivity index (χ0n) is 10.1. The summed E-state index contributed by atoms with van der Waals surface area (Å²) in [7, 11) is -6.67. The smallest absolute Gasteiger partial charge is 0.229 e. The number of sulfone groups is 1. The molecule has 0 aliphatic carbocycles. The van der Waals surface area contributed by atoms with E-state index in [9.17, 15) is 16.8 Å². The molecule has 0 bridgehead atoms. The summed E-state index contributed by atoms with van der Waals surface area (Å²) in [5, 5.41) is 0. The summed E-state index contributed by atoms with van der Waals surface area (Å²) in [4.78, 5) is 3.85. The van der Waals surface area contributed by atoms with Gasteiger partial charge < -0.3 is 0 Å².